The zero-order chi connectivity index (χ0) is 16.1. The molecule has 2 heterocycles. The molecule has 0 aliphatic carbocycles. The second-order valence-corrected chi connectivity index (χ2v) is 6.93. The molecule has 0 spiro atoms. The van der Waals surface area contributed by atoms with Gasteiger partial charge in [0.25, 0.3) is 0 Å². The Labute approximate surface area is 155 Å². The molecule has 5 heteroatoms. The van der Waals surface area contributed by atoms with Crippen molar-refractivity contribution in [1.82, 2.24) is 4.90 Å². The Morgan fingerprint density at radius 3 is 2.67 bits per heavy atom. The van der Waals surface area contributed by atoms with Crippen LogP contribution in [0.5, 0.6) is 5.75 Å². The highest BCUT2D eigenvalue weighted by Crippen LogP contribution is 2.36. The summed E-state index contributed by atoms with van der Waals surface area (Å²) in [6.07, 6.45) is 2.35. The first-order chi connectivity index (χ1) is 11.3. The highest BCUT2D eigenvalue weighted by molar-refractivity contribution is 7.10. The van der Waals surface area contributed by atoms with Crippen LogP contribution in [0.25, 0.3) is 0 Å². The molecule has 1 aliphatic heterocycles. The van der Waals surface area contributed by atoms with Gasteiger partial charge < -0.3 is 9.47 Å². The number of benzene rings is 1. The Hall–Kier alpha value is -1.07. The van der Waals surface area contributed by atoms with Crippen molar-refractivity contribution in [2.24, 2.45) is 0 Å². The van der Waals surface area contributed by atoms with E-state index >= 15 is 0 Å². The predicted molar refractivity (Wildman–Crippen MR) is 103 cm³/mol. The van der Waals surface area contributed by atoms with Gasteiger partial charge in [0.1, 0.15) is 12.4 Å². The molecule has 1 atom stereocenters. The van der Waals surface area contributed by atoms with Crippen LogP contribution in [-0.4, -0.2) is 31.8 Å². The number of hydrogen-bond donors (Lipinski definition) is 0. The maximum Gasteiger partial charge on any atom is 0.119 e. The quantitative estimate of drug-likeness (QED) is 0.662. The Bertz CT molecular complexity index is 614. The number of methoxy groups -OCH3 is 1. The van der Waals surface area contributed by atoms with Gasteiger partial charge in [-0.1, -0.05) is 19.1 Å². The Kier molecular flexibility index (Phi) is 7.56. The predicted octanol–water partition coefficient (Wildman–Crippen LogP) is 4.70. The highest BCUT2D eigenvalue weighted by Gasteiger charge is 2.26. The van der Waals surface area contributed by atoms with Crippen LogP contribution < -0.4 is 4.74 Å². The summed E-state index contributed by atoms with van der Waals surface area (Å²) in [4.78, 5) is 4.19. The topological polar surface area (TPSA) is 21.7 Å². The minimum absolute atomic E-state index is 0. The summed E-state index contributed by atoms with van der Waals surface area (Å²) in [7, 11) is 1.69. The molecule has 0 fully saturated rings. The van der Waals surface area contributed by atoms with Gasteiger partial charge in [-0.2, -0.15) is 0 Å². The smallest absolute Gasteiger partial charge is 0.119 e. The van der Waals surface area contributed by atoms with Crippen molar-refractivity contribution in [3.05, 3.63) is 51.7 Å². The van der Waals surface area contributed by atoms with Gasteiger partial charge in [-0.3, -0.25) is 4.90 Å². The summed E-state index contributed by atoms with van der Waals surface area (Å²) >= 11 is 1.91. The van der Waals surface area contributed by atoms with Gasteiger partial charge in [0.2, 0.25) is 0 Å². The van der Waals surface area contributed by atoms with Crippen LogP contribution in [0, 0.1) is 0 Å². The number of fused-ring (bicyclic) bond motifs is 1. The van der Waals surface area contributed by atoms with E-state index in [1.54, 1.807) is 17.6 Å². The van der Waals surface area contributed by atoms with E-state index in [4.69, 9.17) is 9.47 Å². The molecule has 3 rings (SSSR count). The van der Waals surface area contributed by atoms with Gasteiger partial charge >= 0.3 is 0 Å². The van der Waals surface area contributed by atoms with E-state index in [0.29, 0.717) is 19.3 Å². The lowest BCUT2D eigenvalue weighted by atomic mass is 9.97. The second-order valence-electron chi connectivity index (χ2n) is 5.93. The molecule has 132 valence electrons. The fourth-order valence-electron chi connectivity index (χ4n) is 3.28. The summed E-state index contributed by atoms with van der Waals surface area (Å²) in [5.41, 5.74) is 2.89. The summed E-state index contributed by atoms with van der Waals surface area (Å²) < 4.78 is 10.6. The summed E-state index contributed by atoms with van der Waals surface area (Å²) in [6, 6.07) is 11.4. The standard InChI is InChI=1S/C19H25NO2S.ClH/c1-3-18-17-9-13-23-19(17)8-10-20(18)14-15-4-6-16(7-5-15)22-12-11-21-2;/h4-7,9,13,18H,3,8,10-12,14H2,1-2H3;1H. The molecule has 0 bridgehead atoms. The van der Waals surface area contributed by atoms with E-state index in [2.05, 4.69) is 47.5 Å². The molecule has 0 saturated carbocycles. The SMILES string of the molecule is CCC1c2ccsc2CCN1Cc1ccc(OCCOC)cc1.Cl. The van der Waals surface area contributed by atoms with Crippen molar-refractivity contribution >= 4 is 23.7 Å². The van der Waals surface area contributed by atoms with E-state index in [1.165, 1.54) is 18.4 Å². The molecule has 0 N–H and O–H groups in total. The molecule has 1 aliphatic rings. The minimum Gasteiger partial charge on any atom is -0.491 e. The van der Waals surface area contributed by atoms with Crippen LogP contribution in [0.1, 0.15) is 35.4 Å². The third kappa shape index (κ3) is 4.51. The van der Waals surface area contributed by atoms with Crippen LogP contribution >= 0.6 is 23.7 Å². The number of nitrogens with zero attached hydrogens (tertiary/aromatic N) is 1. The van der Waals surface area contributed by atoms with Crippen molar-refractivity contribution in [2.75, 3.05) is 26.9 Å². The summed E-state index contributed by atoms with van der Waals surface area (Å²) in [6.45, 7) is 5.67. The van der Waals surface area contributed by atoms with Gasteiger partial charge in [-0.05, 0) is 47.5 Å². The lowest BCUT2D eigenvalue weighted by Crippen LogP contribution is -2.33. The fourth-order valence-corrected chi connectivity index (χ4v) is 4.21. The van der Waals surface area contributed by atoms with Crippen LogP contribution in [0.15, 0.2) is 35.7 Å². The molecule has 1 aromatic carbocycles. The van der Waals surface area contributed by atoms with E-state index in [1.807, 2.05) is 11.3 Å². The van der Waals surface area contributed by atoms with Crippen molar-refractivity contribution in [1.29, 1.82) is 0 Å². The largest absolute Gasteiger partial charge is 0.491 e. The van der Waals surface area contributed by atoms with E-state index in [0.717, 1.165) is 18.8 Å². The number of halogens is 1. The third-order valence-electron chi connectivity index (χ3n) is 4.46. The Morgan fingerprint density at radius 2 is 1.96 bits per heavy atom. The monoisotopic (exact) mass is 367 g/mol. The lowest BCUT2D eigenvalue weighted by molar-refractivity contribution is 0.146. The molecular formula is C19H26ClNO2S. The molecule has 1 aromatic heterocycles. The van der Waals surface area contributed by atoms with Crippen molar-refractivity contribution in [3.63, 3.8) is 0 Å². The zero-order valence-corrected chi connectivity index (χ0v) is 16.0. The average molecular weight is 368 g/mol. The van der Waals surface area contributed by atoms with Crippen molar-refractivity contribution in [2.45, 2.75) is 32.4 Å². The zero-order valence-electron chi connectivity index (χ0n) is 14.4. The first-order valence-corrected chi connectivity index (χ1v) is 9.20. The van der Waals surface area contributed by atoms with E-state index < -0.39 is 0 Å². The Morgan fingerprint density at radius 1 is 1.17 bits per heavy atom. The summed E-state index contributed by atoms with van der Waals surface area (Å²) in [5.74, 6) is 0.914. The molecule has 1 unspecified atom stereocenters. The molecule has 2 aromatic rings. The van der Waals surface area contributed by atoms with Crippen LogP contribution in [-0.2, 0) is 17.7 Å². The molecule has 3 nitrogen and oxygen atoms in total. The van der Waals surface area contributed by atoms with Crippen LogP contribution in [0.4, 0.5) is 0 Å². The third-order valence-corrected chi connectivity index (χ3v) is 5.45. The molecule has 24 heavy (non-hydrogen) atoms. The van der Waals surface area contributed by atoms with Gasteiger partial charge in [-0.15, -0.1) is 23.7 Å². The maximum absolute atomic E-state index is 5.63. The van der Waals surface area contributed by atoms with Crippen LogP contribution in [0.3, 0.4) is 0 Å². The van der Waals surface area contributed by atoms with Gasteiger partial charge in [0.05, 0.1) is 6.61 Å². The van der Waals surface area contributed by atoms with E-state index in [-0.39, 0.29) is 12.4 Å². The number of rotatable bonds is 7. The van der Waals surface area contributed by atoms with Gasteiger partial charge in [0.15, 0.2) is 0 Å². The van der Waals surface area contributed by atoms with Crippen molar-refractivity contribution < 1.29 is 9.47 Å². The molecule has 0 radical (unpaired) electrons. The molecular weight excluding hydrogens is 342 g/mol. The first kappa shape index (κ1) is 19.3. The first-order valence-electron chi connectivity index (χ1n) is 8.32. The number of ether oxygens (including phenoxy) is 2. The van der Waals surface area contributed by atoms with Gasteiger partial charge in [0, 0.05) is 31.1 Å². The minimum atomic E-state index is 0. The van der Waals surface area contributed by atoms with Crippen molar-refractivity contribution in [3.8, 4) is 5.75 Å². The van der Waals surface area contributed by atoms with E-state index in [9.17, 15) is 0 Å². The van der Waals surface area contributed by atoms with Crippen LogP contribution in [0.2, 0.25) is 0 Å². The fraction of sp³-hybridized carbons (Fsp3) is 0.474. The summed E-state index contributed by atoms with van der Waals surface area (Å²) in [5, 5.41) is 2.24. The maximum atomic E-state index is 5.63. The second kappa shape index (κ2) is 9.42. The molecule has 0 saturated heterocycles. The normalized spacial score (nSPS) is 17.2. The Balaban J connectivity index is 0.00000208. The number of hydrogen-bond acceptors (Lipinski definition) is 4. The number of thiophene rings is 1. The lowest BCUT2D eigenvalue weighted by Gasteiger charge is -2.35. The van der Waals surface area contributed by atoms with Gasteiger partial charge in [-0.25, -0.2) is 0 Å². The molecule has 0 amide bonds. The highest BCUT2D eigenvalue weighted by atomic mass is 35.5. The average Bonchev–Trinajstić information content (AvgIpc) is 3.05.